The predicted molar refractivity (Wildman–Crippen MR) is 64.9 cm³/mol. The molecule has 0 amide bonds. The Kier molecular flexibility index (Phi) is 8.13. The van der Waals surface area contributed by atoms with E-state index in [0.29, 0.717) is 0 Å². The van der Waals surface area contributed by atoms with Crippen LogP contribution in [0.5, 0.6) is 0 Å². The maximum absolute atomic E-state index is 5.89. The fourth-order valence-corrected chi connectivity index (χ4v) is 5.45. The first-order valence-corrected chi connectivity index (χ1v) is 8.93. The number of rotatable bonds is 8. The molecule has 104 valence electrons. The van der Waals surface area contributed by atoms with Crippen LogP contribution in [0.4, 0.5) is 0 Å². The average molecular weight is 237 g/mol. The summed E-state index contributed by atoms with van der Waals surface area (Å²) in [7, 11) is 0. The summed E-state index contributed by atoms with van der Waals surface area (Å²) < 4.78 is 23.6. The fraction of sp³-hybridized carbons (Fsp3) is 1.00. The van der Waals surface area contributed by atoms with Crippen LogP contribution >= 0.6 is 0 Å². The van der Waals surface area contributed by atoms with Crippen LogP contribution in [-0.4, -0.2) is 24.4 Å². The van der Waals surface area contributed by atoms with E-state index in [-0.39, 0.29) is 24.4 Å². The van der Waals surface area contributed by atoms with Crippen molar-refractivity contribution in [1.29, 1.82) is 0 Å². The van der Waals surface area contributed by atoms with Crippen molar-refractivity contribution in [1.82, 2.24) is 0 Å². The van der Waals surface area contributed by atoms with Crippen molar-refractivity contribution in [3.05, 3.63) is 0 Å². The SMILES string of the molecule is CC(C)[O][1Ti]([O]C(C)C)([O]C(C)C)[O]C(C)C. The molecule has 0 unspecified atom stereocenters. The molecule has 5 heteroatoms. The zero-order valence-electron chi connectivity index (χ0n) is 12.4. The minimum atomic E-state index is -3.62. The van der Waals surface area contributed by atoms with Crippen LogP contribution in [0.25, 0.3) is 0 Å². The summed E-state index contributed by atoms with van der Waals surface area (Å²) in [4.78, 5) is 0. The van der Waals surface area contributed by atoms with Crippen molar-refractivity contribution in [3.63, 3.8) is 0 Å². The van der Waals surface area contributed by atoms with E-state index in [4.69, 9.17) is 13.3 Å². The van der Waals surface area contributed by atoms with E-state index in [2.05, 4.69) is 0 Å². The van der Waals surface area contributed by atoms with E-state index in [1.807, 2.05) is 55.4 Å². The Balaban J connectivity index is 4.89. The van der Waals surface area contributed by atoms with E-state index in [1.165, 1.54) is 0 Å². The van der Waals surface area contributed by atoms with E-state index < -0.39 is 18.1 Å². The van der Waals surface area contributed by atoms with Crippen LogP contribution in [0.2, 0.25) is 0 Å². The second-order valence-electron chi connectivity index (χ2n) is 5.17. The van der Waals surface area contributed by atoms with Crippen molar-refractivity contribution in [2.45, 2.75) is 79.8 Å². The Bertz CT molecular complexity index is 159. The van der Waals surface area contributed by atoms with Gasteiger partial charge in [0.2, 0.25) is 0 Å². The summed E-state index contributed by atoms with van der Waals surface area (Å²) in [6.07, 6.45) is 0.134. The van der Waals surface area contributed by atoms with Gasteiger partial charge in [0.15, 0.2) is 0 Å². The number of hydrogen-bond acceptors (Lipinski definition) is 4. The second kappa shape index (κ2) is 7.87. The normalized spacial score (nSPS) is 13.4. The van der Waals surface area contributed by atoms with Crippen LogP contribution in [-0.2, 0) is 31.4 Å². The molecule has 0 N–H and O–H groups in total. The predicted octanol–water partition coefficient (Wildman–Crippen LogP) is 3.50. The van der Waals surface area contributed by atoms with Crippen molar-refractivity contribution in [2.75, 3.05) is 0 Å². The summed E-state index contributed by atoms with van der Waals surface area (Å²) in [6.45, 7) is 15.8. The third-order valence-electron chi connectivity index (χ3n) is 1.52. The quantitative estimate of drug-likeness (QED) is 0.605. The Morgan fingerprint density at radius 3 is 0.765 bits per heavy atom. The van der Waals surface area contributed by atoms with Crippen molar-refractivity contribution in [2.24, 2.45) is 0 Å². The van der Waals surface area contributed by atoms with Gasteiger partial charge in [-0.1, -0.05) is 0 Å². The fourth-order valence-electron chi connectivity index (χ4n) is 1.32. The van der Waals surface area contributed by atoms with Gasteiger partial charge in [0, 0.05) is 0 Å². The van der Waals surface area contributed by atoms with Gasteiger partial charge in [0.25, 0.3) is 0 Å². The summed E-state index contributed by atoms with van der Waals surface area (Å²) >= 11 is -3.62. The molecule has 0 aliphatic carbocycles. The molecular weight excluding hydrogens is 209 g/mol. The monoisotopic (exact) mass is 237 g/mol. The average Bonchev–Trinajstić information content (AvgIpc) is 1.95. The zero-order valence-corrected chi connectivity index (χ0v) is 14.0. The van der Waals surface area contributed by atoms with Gasteiger partial charge in [-0.05, 0) is 0 Å². The van der Waals surface area contributed by atoms with Gasteiger partial charge in [0.1, 0.15) is 0 Å². The molecule has 0 atom stereocenters. The summed E-state index contributed by atoms with van der Waals surface area (Å²) in [5, 5.41) is 0. The molecule has 0 aliphatic rings. The van der Waals surface area contributed by atoms with E-state index in [1.54, 1.807) is 0 Å². The molecule has 0 radical (unpaired) electrons. The second-order valence-corrected chi connectivity index (χ2v) is 8.20. The van der Waals surface area contributed by atoms with Gasteiger partial charge in [-0.15, -0.1) is 0 Å². The van der Waals surface area contributed by atoms with Crippen molar-refractivity contribution >= 4 is 0 Å². The van der Waals surface area contributed by atoms with Crippen LogP contribution in [0.3, 0.4) is 0 Å². The Labute approximate surface area is 111 Å². The first-order chi connectivity index (χ1) is 7.67. The molecule has 0 spiro atoms. The molecular formula is C12H28O4Ti. The van der Waals surface area contributed by atoms with Gasteiger partial charge in [-0.2, -0.15) is 0 Å². The van der Waals surface area contributed by atoms with Crippen molar-refractivity contribution in [3.8, 4) is 0 Å². The summed E-state index contributed by atoms with van der Waals surface area (Å²) in [5.41, 5.74) is 0. The Morgan fingerprint density at radius 1 is 0.471 bits per heavy atom. The standard InChI is InChI=1S/4C3H7O.Ti/c4*1-3(2)4;/h4*3H,1-2H3;/q4*-1;+4/i;;;;1-47. The molecule has 0 aliphatic heterocycles. The molecule has 0 aromatic heterocycles. The molecule has 0 aromatic carbocycles. The van der Waals surface area contributed by atoms with Crippen LogP contribution in [0, 0.1) is 0 Å². The Hall–Kier alpha value is 0.554. The molecule has 0 saturated carbocycles. The van der Waals surface area contributed by atoms with Crippen LogP contribution < -0.4 is 0 Å². The zero-order chi connectivity index (χ0) is 13.6. The van der Waals surface area contributed by atoms with E-state index >= 15 is 0 Å². The van der Waals surface area contributed by atoms with Gasteiger partial charge in [-0.25, -0.2) is 0 Å². The first-order valence-electron chi connectivity index (χ1n) is 6.38. The van der Waals surface area contributed by atoms with Gasteiger partial charge in [-0.3, -0.25) is 0 Å². The van der Waals surface area contributed by atoms with Crippen LogP contribution in [0.1, 0.15) is 55.4 Å². The third kappa shape index (κ3) is 8.30. The maximum atomic E-state index is 5.89. The first kappa shape index (κ1) is 17.6. The van der Waals surface area contributed by atoms with E-state index in [9.17, 15) is 0 Å². The molecule has 17 heavy (non-hydrogen) atoms. The van der Waals surface area contributed by atoms with Gasteiger partial charge in [0.05, 0.1) is 0 Å². The molecule has 0 heterocycles. The van der Waals surface area contributed by atoms with Gasteiger partial charge >= 0.3 is 111 Å². The number of hydrogen-bond donors (Lipinski definition) is 0. The Morgan fingerprint density at radius 2 is 0.647 bits per heavy atom. The molecule has 0 bridgehead atoms. The third-order valence-corrected chi connectivity index (χ3v) is 6.27. The summed E-state index contributed by atoms with van der Waals surface area (Å²) in [6, 6.07) is 0. The van der Waals surface area contributed by atoms with Gasteiger partial charge < -0.3 is 0 Å². The topological polar surface area (TPSA) is 36.9 Å². The molecule has 0 aromatic rings. The summed E-state index contributed by atoms with van der Waals surface area (Å²) in [5.74, 6) is 0. The molecule has 4 nitrogen and oxygen atoms in total. The molecule has 0 rings (SSSR count). The molecule has 0 saturated heterocycles. The van der Waals surface area contributed by atoms with E-state index in [0.717, 1.165) is 0 Å². The van der Waals surface area contributed by atoms with Crippen LogP contribution in [0.15, 0.2) is 0 Å². The minimum absolute atomic E-state index is 0.0336. The van der Waals surface area contributed by atoms with Crippen molar-refractivity contribution < 1.29 is 31.4 Å². The molecule has 0 fully saturated rings.